The van der Waals surface area contributed by atoms with E-state index in [0.29, 0.717) is 30.8 Å². The van der Waals surface area contributed by atoms with E-state index in [1.165, 1.54) is 0 Å². The fourth-order valence-electron chi connectivity index (χ4n) is 3.27. The highest BCUT2D eigenvalue weighted by Gasteiger charge is 2.23. The number of aromatic nitrogens is 1. The van der Waals surface area contributed by atoms with Gasteiger partial charge in [0.2, 0.25) is 0 Å². The lowest BCUT2D eigenvalue weighted by Gasteiger charge is -2.14. The zero-order chi connectivity index (χ0) is 21.8. The molecule has 1 fully saturated rings. The van der Waals surface area contributed by atoms with E-state index in [1.807, 2.05) is 50.2 Å². The first-order valence-electron chi connectivity index (χ1n) is 10.4. The van der Waals surface area contributed by atoms with Crippen molar-refractivity contribution in [3.05, 3.63) is 53.7 Å². The number of pyridine rings is 1. The summed E-state index contributed by atoms with van der Waals surface area (Å²) in [5, 5.41) is 6.73. The first-order chi connectivity index (χ1) is 15.0. The molecule has 1 aromatic heterocycles. The lowest BCUT2D eigenvalue weighted by atomic mass is 10.1. The zero-order valence-corrected chi connectivity index (χ0v) is 18.0. The highest BCUT2D eigenvalue weighted by molar-refractivity contribution is 5.90. The molecule has 7 nitrogen and oxygen atoms in total. The first kappa shape index (κ1) is 20.9. The number of rotatable bonds is 8. The number of amides is 2. The zero-order valence-electron chi connectivity index (χ0n) is 18.0. The molecule has 0 spiro atoms. The van der Waals surface area contributed by atoms with E-state index >= 15 is 0 Å². The number of nitrogens with one attached hydrogen (secondary N) is 2. The number of benzene rings is 2. The maximum atomic E-state index is 12.0. The normalized spacial score (nSPS) is 13.1. The van der Waals surface area contributed by atoms with Gasteiger partial charge in [-0.15, -0.1) is 0 Å². The van der Waals surface area contributed by atoms with Crippen LogP contribution in [0.1, 0.15) is 24.0 Å². The van der Waals surface area contributed by atoms with Gasteiger partial charge in [0.15, 0.2) is 0 Å². The maximum Gasteiger partial charge on any atom is 0.319 e. The van der Waals surface area contributed by atoms with Gasteiger partial charge in [-0.25, -0.2) is 4.79 Å². The Morgan fingerprint density at radius 1 is 1.06 bits per heavy atom. The predicted molar refractivity (Wildman–Crippen MR) is 120 cm³/mol. The van der Waals surface area contributed by atoms with Crippen molar-refractivity contribution in [3.8, 4) is 17.2 Å². The number of nitrogens with zero attached hydrogens (tertiary/aromatic N) is 1. The van der Waals surface area contributed by atoms with Gasteiger partial charge < -0.3 is 24.8 Å². The number of carbonyl (C=O) groups excluding carboxylic acids is 1. The van der Waals surface area contributed by atoms with Gasteiger partial charge >= 0.3 is 6.03 Å². The molecule has 2 N–H and O–H groups in total. The Labute approximate surface area is 181 Å². The molecule has 0 saturated heterocycles. The largest absolute Gasteiger partial charge is 0.491 e. The van der Waals surface area contributed by atoms with Crippen LogP contribution in [0.15, 0.2) is 42.6 Å². The summed E-state index contributed by atoms with van der Waals surface area (Å²) >= 11 is 0. The SMILES string of the molecule is COCCOc1cc2nccc(Oc3ccc(NC(=O)NC4CC4)c(C)c3)c2cc1C. The van der Waals surface area contributed by atoms with E-state index in [-0.39, 0.29) is 6.03 Å². The van der Waals surface area contributed by atoms with Gasteiger partial charge in [-0.3, -0.25) is 4.98 Å². The number of fused-ring (bicyclic) bond motifs is 1. The molecule has 0 aliphatic heterocycles. The Bertz CT molecular complexity index is 1100. The van der Waals surface area contributed by atoms with Gasteiger partial charge in [0, 0.05) is 36.5 Å². The maximum absolute atomic E-state index is 12.0. The number of urea groups is 1. The number of aryl methyl sites for hydroxylation is 2. The van der Waals surface area contributed by atoms with Gasteiger partial charge in [0.25, 0.3) is 0 Å². The highest BCUT2D eigenvalue weighted by atomic mass is 16.5. The van der Waals surface area contributed by atoms with Gasteiger partial charge in [-0.05, 0) is 68.1 Å². The number of hydrogen-bond donors (Lipinski definition) is 2. The van der Waals surface area contributed by atoms with E-state index in [4.69, 9.17) is 14.2 Å². The molecule has 0 unspecified atom stereocenters. The summed E-state index contributed by atoms with van der Waals surface area (Å²) < 4.78 is 17.0. The molecule has 1 heterocycles. The summed E-state index contributed by atoms with van der Waals surface area (Å²) in [7, 11) is 1.65. The summed E-state index contributed by atoms with van der Waals surface area (Å²) in [4.78, 5) is 16.5. The second-order valence-electron chi connectivity index (χ2n) is 7.74. The van der Waals surface area contributed by atoms with E-state index in [1.54, 1.807) is 13.3 Å². The van der Waals surface area contributed by atoms with Crippen LogP contribution in [-0.2, 0) is 4.74 Å². The molecule has 0 atom stereocenters. The highest BCUT2D eigenvalue weighted by Crippen LogP contribution is 2.34. The van der Waals surface area contributed by atoms with Gasteiger partial charge in [0.05, 0.1) is 12.1 Å². The van der Waals surface area contributed by atoms with Crippen molar-refractivity contribution < 1.29 is 19.0 Å². The van der Waals surface area contributed by atoms with Crippen LogP contribution >= 0.6 is 0 Å². The van der Waals surface area contributed by atoms with Crippen LogP contribution in [0.5, 0.6) is 17.2 Å². The Morgan fingerprint density at radius 2 is 1.90 bits per heavy atom. The van der Waals surface area contributed by atoms with Gasteiger partial charge in [0.1, 0.15) is 23.9 Å². The molecule has 4 rings (SSSR count). The van der Waals surface area contributed by atoms with Crippen molar-refractivity contribution in [2.75, 3.05) is 25.6 Å². The number of anilines is 1. The molecule has 1 saturated carbocycles. The molecule has 31 heavy (non-hydrogen) atoms. The van der Waals surface area contributed by atoms with E-state index < -0.39 is 0 Å². The van der Waals surface area contributed by atoms with Crippen LogP contribution < -0.4 is 20.1 Å². The van der Waals surface area contributed by atoms with Gasteiger partial charge in [-0.1, -0.05) is 0 Å². The second kappa shape index (κ2) is 9.22. The fourth-order valence-corrected chi connectivity index (χ4v) is 3.27. The Kier molecular flexibility index (Phi) is 6.23. The van der Waals surface area contributed by atoms with Gasteiger partial charge in [-0.2, -0.15) is 0 Å². The molecule has 7 heteroatoms. The van der Waals surface area contributed by atoms with E-state index in [9.17, 15) is 4.79 Å². The Hall–Kier alpha value is -3.32. The number of carbonyl (C=O) groups is 1. The van der Waals surface area contributed by atoms with Crippen molar-refractivity contribution in [2.45, 2.75) is 32.7 Å². The third-order valence-electron chi connectivity index (χ3n) is 5.13. The summed E-state index contributed by atoms with van der Waals surface area (Å²) in [6.07, 6.45) is 3.83. The van der Waals surface area contributed by atoms with Crippen molar-refractivity contribution in [2.24, 2.45) is 0 Å². The van der Waals surface area contributed by atoms with Crippen molar-refractivity contribution >= 4 is 22.6 Å². The molecular weight excluding hydrogens is 394 g/mol. The Morgan fingerprint density at radius 3 is 2.65 bits per heavy atom. The minimum absolute atomic E-state index is 0.168. The first-order valence-corrected chi connectivity index (χ1v) is 10.4. The standard InChI is InChI=1S/C24H27N3O4/c1-15-12-18(6-7-20(15)27-24(28)26-17-4-5-17)31-22-8-9-25-21-14-23(30-11-10-29-3)16(2)13-19(21)22/h6-9,12-14,17H,4-5,10-11H2,1-3H3,(H2,26,27,28). The molecule has 2 aromatic carbocycles. The molecule has 2 amide bonds. The Balaban J connectivity index is 1.51. The third kappa shape index (κ3) is 5.24. The average molecular weight is 421 g/mol. The summed E-state index contributed by atoms with van der Waals surface area (Å²) in [5.41, 5.74) is 3.48. The van der Waals surface area contributed by atoms with Crippen LogP contribution in [0.25, 0.3) is 10.9 Å². The molecule has 3 aromatic rings. The van der Waals surface area contributed by atoms with E-state index in [2.05, 4.69) is 15.6 Å². The van der Waals surface area contributed by atoms with Crippen LogP contribution in [0.3, 0.4) is 0 Å². The van der Waals surface area contributed by atoms with E-state index in [0.717, 1.165) is 46.3 Å². The summed E-state index contributed by atoms with van der Waals surface area (Å²) in [5.74, 6) is 2.18. The van der Waals surface area contributed by atoms with Crippen molar-refractivity contribution in [1.29, 1.82) is 0 Å². The fraction of sp³-hybridized carbons (Fsp3) is 0.333. The third-order valence-corrected chi connectivity index (χ3v) is 5.13. The second-order valence-corrected chi connectivity index (χ2v) is 7.74. The lowest BCUT2D eigenvalue weighted by molar-refractivity contribution is 0.146. The molecule has 1 aliphatic rings. The van der Waals surface area contributed by atoms with Crippen molar-refractivity contribution in [1.82, 2.24) is 10.3 Å². The van der Waals surface area contributed by atoms with Crippen LogP contribution in [0.2, 0.25) is 0 Å². The summed E-state index contributed by atoms with van der Waals surface area (Å²) in [6.45, 7) is 4.95. The molecule has 1 aliphatic carbocycles. The predicted octanol–water partition coefficient (Wildman–Crippen LogP) is 4.95. The minimum Gasteiger partial charge on any atom is -0.491 e. The summed E-state index contributed by atoms with van der Waals surface area (Å²) in [6, 6.07) is 11.5. The number of ether oxygens (including phenoxy) is 3. The smallest absolute Gasteiger partial charge is 0.319 e. The average Bonchev–Trinajstić information content (AvgIpc) is 3.55. The number of methoxy groups -OCH3 is 1. The lowest BCUT2D eigenvalue weighted by Crippen LogP contribution is -2.30. The molecule has 0 radical (unpaired) electrons. The molecule has 162 valence electrons. The monoisotopic (exact) mass is 421 g/mol. The quantitative estimate of drug-likeness (QED) is 0.503. The molecular formula is C24H27N3O4. The number of hydrogen-bond acceptors (Lipinski definition) is 5. The van der Waals surface area contributed by atoms with Crippen LogP contribution in [0, 0.1) is 13.8 Å². The van der Waals surface area contributed by atoms with Crippen LogP contribution in [-0.4, -0.2) is 37.4 Å². The van der Waals surface area contributed by atoms with Crippen molar-refractivity contribution in [3.63, 3.8) is 0 Å². The topological polar surface area (TPSA) is 81.7 Å². The molecule has 0 bridgehead atoms. The van der Waals surface area contributed by atoms with Crippen LogP contribution in [0.4, 0.5) is 10.5 Å². The minimum atomic E-state index is -0.168.